The predicted octanol–water partition coefficient (Wildman–Crippen LogP) is 3.54. The Balaban J connectivity index is 1.86. The first-order valence-corrected chi connectivity index (χ1v) is 6.97. The van der Waals surface area contributed by atoms with Gasteiger partial charge in [0.15, 0.2) is 0 Å². The first-order valence-electron chi connectivity index (χ1n) is 6.97. The van der Waals surface area contributed by atoms with Gasteiger partial charge in [-0.3, -0.25) is 10.1 Å². The van der Waals surface area contributed by atoms with E-state index in [1.807, 2.05) is 25.4 Å². The van der Waals surface area contributed by atoms with Gasteiger partial charge in [0.1, 0.15) is 5.69 Å². The molecule has 1 aromatic carbocycles. The number of hydrogen-bond donors (Lipinski definition) is 2. The van der Waals surface area contributed by atoms with Gasteiger partial charge in [-0.05, 0) is 43.2 Å². The zero-order valence-electron chi connectivity index (χ0n) is 11.4. The Kier molecular flexibility index (Phi) is 2.49. The van der Waals surface area contributed by atoms with E-state index in [0.717, 1.165) is 27.8 Å². The Morgan fingerprint density at radius 3 is 2.90 bits per heavy atom. The molecular weight excluding hydrogens is 248 g/mol. The molecule has 0 radical (unpaired) electrons. The van der Waals surface area contributed by atoms with Crippen LogP contribution >= 0.6 is 0 Å². The third-order valence-corrected chi connectivity index (χ3v) is 3.90. The van der Waals surface area contributed by atoms with Gasteiger partial charge < -0.3 is 5.32 Å². The molecular formula is C16H16N4. The summed E-state index contributed by atoms with van der Waals surface area (Å²) in [6, 6.07) is 10.4. The molecule has 4 heteroatoms. The molecule has 20 heavy (non-hydrogen) atoms. The number of rotatable bonds is 3. The van der Waals surface area contributed by atoms with Crippen LogP contribution in [0.4, 0.5) is 5.69 Å². The maximum Gasteiger partial charge on any atom is 0.100 e. The molecule has 3 aromatic rings. The molecule has 100 valence electrons. The number of pyridine rings is 1. The highest BCUT2D eigenvalue weighted by Gasteiger charge is 2.25. The molecule has 2 heterocycles. The molecule has 0 bridgehead atoms. The third-order valence-electron chi connectivity index (χ3n) is 3.90. The smallest absolute Gasteiger partial charge is 0.100 e. The van der Waals surface area contributed by atoms with Crippen molar-refractivity contribution < 1.29 is 0 Å². The van der Waals surface area contributed by atoms with Gasteiger partial charge in [-0.15, -0.1) is 0 Å². The van der Waals surface area contributed by atoms with Crippen molar-refractivity contribution in [3.63, 3.8) is 0 Å². The van der Waals surface area contributed by atoms with Gasteiger partial charge in [0.2, 0.25) is 0 Å². The van der Waals surface area contributed by atoms with E-state index in [-0.39, 0.29) is 0 Å². The van der Waals surface area contributed by atoms with E-state index in [4.69, 9.17) is 0 Å². The lowest BCUT2D eigenvalue weighted by molar-refractivity contribution is 1.02. The van der Waals surface area contributed by atoms with Crippen molar-refractivity contribution in [2.24, 2.45) is 0 Å². The lowest BCUT2D eigenvalue weighted by Gasteiger charge is -2.03. The standard InChI is InChI=1S/C16H16N4/c1-17-12-4-5-14-13(9-12)16(20-19-14)11-6-7-18-15(8-11)10-2-3-10/h4-10,17H,2-3H2,1H3,(H,19,20). The van der Waals surface area contributed by atoms with E-state index in [1.54, 1.807) is 0 Å². The van der Waals surface area contributed by atoms with Crippen LogP contribution in [0.2, 0.25) is 0 Å². The monoisotopic (exact) mass is 264 g/mol. The summed E-state index contributed by atoms with van der Waals surface area (Å²) >= 11 is 0. The average molecular weight is 264 g/mol. The van der Waals surface area contributed by atoms with Crippen LogP contribution in [0.3, 0.4) is 0 Å². The van der Waals surface area contributed by atoms with Crippen molar-refractivity contribution in [3.05, 3.63) is 42.2 Å². The number of hydrogen-bond acceptors (Lipinski definition) is 3. The highest BCUT2D eigenvalue weighted by Crippen LogP contribution is 2.40. The largest absolute Gasteiger partial charge is 0.388 e. The molecule has 1 saturated carbocycles. The van der Waals surface area contributed by atoms with Crippen molar-refractivity contribution in [1.29, 1.82) is 0 Å². The zero-order chi connectivity index (χ0) is 13.5. The Bertz CT molecular complexity index is 771. The molecule has 0 spiro atoms. The second-order valence-corrected chi connectivity index (χ2v) is 5.33. The molecule has 2 N–H and O–H groups in total. The van der Waals surface area contributed by atoms with E-state index < -0.39 is 0 Å². The average Bonchev–Trinajstić information content (AvgIpc) is 3.27. The summed E-state index contributed by atoms with van der Waals surface area (Å²) in [7, 11) is 1.93. The number of aromatic amines is 1. The summed E-state index contributed by atoms with van der Waals surface area (Å²) < 4.78 is 0. The number of aromatic nitrogens is 3. The Hall–Kier alpha value is -2.36. The van der Waals surface area contributed by atoms with E-state index in [2.05, 4.69) is 38.7 Å². The predicted molar refractivity (Wildman–Crippen MR) is 80.8 cm³/mol. The first-order chi connectivity index (χ1) is 9.85. The second kappa shape index (κ2) is 4.34. The normalized spacial score (nSPS) is 14.7. The fraction of sp³-hybridized carbons (Fsp3) is 0.250. The highest BCUT2D eigenvalue weighted by molar-refractivity contribution is 5.94. The number of anilines is 1. The topological polar surface area (TPSA) is 53.6 Å². The molecule has 1 aliphatic rings. The van der Waals surface area contributed by atoms with Crippen LogP contribution in [0.25, 0.3) is 22.2 Å². The van der Waals surface area contributed by atoms with Gasteiger partial charge in [0.05, 0.1) is 5.52 Å². The summed E-state index contributed by atoms with van der Waals surface area (Å²) in [5, 5.41) is 11.9. The van der Waals surface area contributed by atoms with Crippen molar-refractivity contribution >= 4 is 16.6 Å². The van der Waals surface area contributed by atoms with Gasteiger partial charge in [0.25, 0.3) is 0 Å². The Morgan fingerprint density at radius 2 is 2.10 bits per heavy atom. The number of nitrogens with one attached hydrogen (secondary N) is 2. The minimum atomic E-state index is 0.660. The SMILES string of the molecule is CNc1ccc2[nH]nc(-c3ccnc(C4CC4)c3)c2c1. The Morgan fingerprint density at radius 1 is 1.20 bits per heavy atom. The maximum atomic E-state index is 4.48. The van der Waals surface area contributed by atoms with E-state index >= 15 is 0 Å². The van der Waals surface area contributed by atoms with Crippen LogP contribution < -0.4 is 5.32 Å². The number of benzene rings is 1. The van der Waals surface area contributed by atoms with Crippen LogP contribution in [-0.2, 0) is 0 Å². The Labute approximate surface area is 117 Å². The molecule has 1 fully saturated rings. The summed E-state index contributed by atoms with van der Waals surface area (Å²) in [6.45, 7) is 0. The highest BCUT2D eigenvalue weighted by atomic mass is 15.1. The van der Waals surface area contributed by atoms with Crippen LogP contribution in [0.5, 0.6) is 0 Å². The van der Waals surface area contributed by atoms with Crippen LogP contribution in [0.15, 0.2) is 36.5 Å². The number of fused-ring (bicyclic) bond motifs is 1. The minimum Gasteiger partial charge on any atom is -0.388 e. The number of H-pyrrole nitrogens is 1. The van der Waals surface area contributed by atoms with Gasteiger partial charge in [-0.25, -0.2) is 0 Å². The van der Waals surface area contributed by atoms with Crippen LogP contribution in [-0.4, -0.2) is 22.2 Å². The molecule has 2 aromatic heterocycles. The molecule has 1 aliphatic carbocycles. The molecule has 4 nitrogen and oxygen atoms in total. The van der Waals surface area contributed by atoms with Gasteiger partial charge in [-0.1, -0.05) is 0 Å². The van der Waals surface area contributed by atoms with Crippen molar-refractivity contribution in [2.45, 2.75) is 18.8 Å². The lowest BCUT2D eigenvalue weighted by Crippen LogP contribution is -1.89. The minimum absolute atomic E-state index is 0.660. The molecule has 0 aliphatic heterocycles. The fourth-order valence-electron chi connectivity index (χ4n) is 2.59. The first kappa shape index (κ1) is 11.5. The molecule has 4 rings (SSSR count). The van der Waals surface area contributed by atoms with Gasteiger partial charge in [0, 0.05) is 41.5 Å². The third kappa shape index (κ3) is 1.84. The van der Waals surface area contributed by atoms with Gasteiger partial charge in [-0.2, -0.15) is 5.10 Å². The van der Waals surface area contributed by atoms with E-state index in [0.29, 0.717) is 5.92 Å². The molecule has 0 amide bonds. The summed E-state index contributed by atoms with van der Waals surface area (Å²) in [5.41, 5.74) is 5.49. The van der Waals surface area contributed by atoms with E-state index in [1.165, 1.54) is 18.5 Å². The second-order valence-electron chi connectivity index (χ2n) is 5.33. The van der Waals surface area contributed by atoms with E-state index in [9.17, 15) is 0 Å². The maximum absolute atomic E-state index is 4.48. The molecule has 0 saturated heterocycles. The van der Waals surface area contributed by atoms with Crippen LogP contribution in [0, 0.1) is 0 Å². The summed E-state index contributed by atoms with van der Waals surface area (Å²) in [6.07, 6.45) is 4.43. The van der Waals surface area contributed by atoms with Crippen molar-refractivity contribution in [3.8, 4) is 11.3 Å². The van der Waals surface area contributed by atoms with Gasteiger partial charge >= 0.3 is 0 Å². The summed E-state index contributed by atoms with van der Waals surface area (Å²) in [4.78, 5) is 4.47. The molecule has 0 atom stereocenters. The van der Waals surface area contributed by atoms with Crippen molar-refractivity contribution in [1.82, 2.24) is 15.2 Å². The fourth-order valence-corrected chi connectivity index (χ4v) is 2.59. The van der Waals surface area contributed by atoms with Crippen molar-refractivity contribution in [2.75, 3.05) is 12.4 Å². The zero-order valence-corrected chi connectivity index (χ0v) is 11.4. The van der Waals surface area contributed by atoms with Crippen LogP contribution in [0.1, 0.15) is 24.5 Å². The number of nitrogens with zero attached hydrogens (tertiary/aromatic N) is 2. The summed E-state index contributed by atoms with van der Waals surface area (Å²) in [5.74, 6) is 0.660. The molecule has 0 unspecified atom stereocenters. The quantitative estimate of drug-likeness (QED) is 0.760. The lowest BCUT2D eigenvalue weighted by atomic mass is 10.1.